The highest BCUT2D eigenvalue weighted by molar-refractivity contribution is 5.86. The second-order valence-corrected chi connectivity index (χ2v) is 6.86. The molecule has 1 aliphatic heterocycles. The summed E-state index contributed by atoms with van der Waals surface area (Å²) in [5, 5.41) is 6.86. The van der Waals surface area contributed by atoms with Crippen molar-refractivity contribution in [3.05, 3.63) is 47.6 Å². The van der Waals surface area contributed by atoms with Gasteiger partial charge >= 0.3 is 0 Å². The van der Waals surface area contributed by atoms with Gasteiger partial charge < -0.3 is 19.5 Å². The van der Waals surface area contributed by atoms with Crippen LogP contribution in [-0.4, -0.2) is 46.1 Å². The van der Waals surface area contributed by atoms with Crippen LogP contribution >= 0.6 is 0 Å². The van der Waals surface area contributed by atoms with Gasteiger partial charge in [-0.2, -0.15) is 4.98 Å². The molecule has 1 N–H and O–H groups in total. The summed E-state index contributed by atoms with van der Waals surface area (Å²) in [4.78, 5) is 31.0. The normalized spacial score (nSPS) is 22.3. The maximum atomic E-state index is 13.1. The van der Waals surface area contributed by atoms with Crippen molar-refractivity contribution in [1.82, 2.24) is 20.4 Å². The van der Waals surface area contributed by atoms with Crippen LogP contribution in [0.3, 0.4) is 0 Å². The standard InChI is InChI=1S/C19H22N4O4/c1-2-23(10-14-20-18(27-22-14)13-8-9-13)19(25)17-16(21-15(24)11-26-17)12-6-4-3-5-7-12/h3-7,13,16-17H,2,8-11H2,1H3,(H,21,24)/t16-,17+/m1/s1. The first kappa shape index (κ1) is 17.7. The van der Waals surface area contributed by atoms with Crippen LogP contribution in [0.25, 0.3) is 0 Å². The molecule has 4 rings (SSSR count). The monoisotopic (exact) mass is 370 g/mol. The first-order valence-corrected chi connectivity index (χ1v) is 9.23. The van der Waals surface area contributed by atoms with Gasteiger partial charge in [-0.1, -0.05) is 35.5 Å². The Kier molecular flexibility index (Phi) is 4.89. The molecule has 2 atom stereocenters. The number of ether oxygens (including phenoxy) is 1. The number of nitrogens with zero attached hydrogens (tertiary/aromatic N) is 3. The van der Waals surface area contributed by atoms with Crippen LogP contribution in [0.2, 0.25) is 0 Å². The number of amides is 2. The van der Waals surface area contributed by atoms with Crippen LogP contribution in [0.1, 0.15) is 49.0 Å². The molecule has 0 bridgehead atoms. The summed E-state index contributed by atoms with van der Waals surface area (Å²) in [5.74, 6) is 1.07. The highest BCUT2D eigenvalue weighted by Crippen LogP contribution is 2.38. The molecule has 1 aromatic carbocycles. The molecule has 8 heteroatoms. The first-order chi connectivity index (χ1) is 13.2. The number of hydrogen-bond donors (Lipinski definition) is 1. The molecule has 2 aliphatic rings. The van der Waals surface area contributed by atoms with E-state index >= 15 is 0 Å². The average Bonchev–Trinajstić information content (AvgIpc) is 3.45. The Morgan fingerprint density at radius 3 is 2.78 bits per heavy atom. The number of nitrogens with one attached hydrogen (secondary N) is 1. The highest BCUT2D eigenvalue weighted by Gasteiger charge is 2.38. The Morgan fingerprint density at radius 2 is 2.07 bits per heavy atom. The Morgan fingerprint density at radius 1 is 1.30 bits per heavy atom. The Bertz CT molecular complexity index is 818. The van der Waals surface area contributed by atoms with Crippen LogP contribution in [-0.2, 0) is 20.9 Å². The molecule has 2 fully saturated rings. The summed E-state index contributed by atoms with van der Waals surface area (Å²) >= 11 is 0. The van der Waals surface area contributed by atoms with E-state index in [0.29, 0.717) is 24.2 Å². The first-order valence-electron chi connectivity index (χ1n) is 9.23. The van der Waals surface area contributed by atoms with Gasteiger partial charge in [0, 0.05) is 12.5 Å². The van der Waals surface area contributed by atoms with E-state index in [9.17, 15) is 9.59 Å². The molecule has 1 aliphatic carbocycles. The topological polar surface area (TPSA) is 97.6 Å². The molecule has 1 saturated heterocycles. The van der Waals surface area contributed by atoms with Gasteiger partial charge in [0.25, 0.3) is 5.91 Å². The Labute approximate surface area is 156 Å². The third-order valence-corrected chi connectivity index (χ3v) is 4.85. The molecule has 0 radical (unpaired) electrons. The van der Waals surface area contributed by atoms with E-state index in [1.165, 1.54) is 0 Å². The van der Waals surface area contributed by atoms with E-state index in [0.717, 1.165) is 18.4 Å². The fourth-order valence-corrected chi connectivity index (χ4v) is 3.21. The molecule has 2 aromatic rings. The molecule has 8 nitrogen and oxygen atoms in total. The summed E-state index contributed by atoms with van der Waals surface area (Å²) in [6, 6.07) is 8.84. The molecule has 2 heterocycles. The number of aromatic nitrogens is 2. The van der Waals surface area contributed by atoms with Crippen molar-refractivity contribution in [2.24, 2.45) is 0 Å². The molecule has 2 amide bonds. The lowest BCUT2D eigenvalue weighted by Gasteiger charge is -2.34. The minimum absolute atomic E-state index is 0.134. The third kappa shape index (κ3) is 3.85. The third-order valence-electron chi connectivity index (χ3n) is 4.85. The largest absolute Gasteiger partial charge is 0.356 e. The van der Waals surface area contributed by atoms with Crippen molar-refractivity contribution in [1.29, 1.82) is 0 Å². The van der Waals surface area contributed by atoms with E-state index in [-0.39, 0.29) is 25.0 Å². The zero-order chi connectivity index (χ0) is 18.8. The van der Waals surface area contributed by atoms with E-state index in [1.54, 1.807) is 4.90 Å². The lowest BCUT2D eigenvalue weighted by atomic mass is 9.99. The van der Waals surface area contributed by atoms with E-state index < -0.39 is 12.1 Å². The van der Waals surface area contributed by atoms with Gasteiger partial charge in [0.1, 0.15) is 6.61 Å². The number of carbonyl (C=O) groups is 2. The van der Waals surface area contributed by atoms with Gasteiger partial charge in [-0.05, 0) is 25.3 Å². The molecular weight excluding hydrogens is 348 g/mol. The number of hydrogen-bond acceptors (Lipinski definition) is 6. The predicted octanol–water partition coefficient (Wildman–Crippen LogP) is 1.55. The second kappa shape index (κ2) is 7.48. The smallest absolute Gasteiger partial charge is 0.254 e. The molecule has 142 valence electrons. The van der Waals surface area contributed by atoms with Crippen molar-refractivity contribution in [2.45, 2.75) is 44.4 Å². The summed E-state index contributed by atoms with van der Waals surface area (Å²) in [6.45, 7) is 2.48. The Hall–Kier alpha value is -2.74. The SMILES string of the molecule is CCN(Cc1noc(C2CC2)n1)C(=O)[C@H]1OCC(=O)N[C@@H]1c1ccccc1. The quantitative estimate of drug-likeness (QED) is 0.829. The molecule has 0 unspecified atom stereocenters. The molecule has 0 spiro atoms. The Balaban J connectivity index is 1.51. The van der Waals surface area contributed by atoms with Crippen LogP contribution in [0.4, 0.5) is 0 Å². The van der Waals surface area contributed by atoms with Crippen molar-refractivity contribution < 1.29 is 18.8 Å². The average molecular weight is 370 g/mol. The van der Waals surface area contributed by atoms with Gasteiger partial charge in [-0.25, -0.2) is 0 Å². The van der Waals surface area contributed by atoms with Crippen LogP contribution in [0.5, 0.6) is 0 Å². The van der Waals surface area contributed by atoms with Crippen LogP contribution < -0.4 is 5.32 Å². The fraction of sp³-hybridized carbons (Fsp3) is 0.474. The number of likely N-dealkylation sites (N-methyl/N-ethyl adjacent to an activating group) is 1. The molecular formula is C19H22N4O4. The number of benzene rings is 1. The van der Waals surface area contributed by atoms with Crippen molar-refractivity contribution in [3.63, 3.8) is 0 Å². The molecule has 27 heavy (non-hydrogen) atoms. The van der Waals surface area contributed by atoms with Crippen molar-refractivity contribution in [3.8, 4) is 0 Å². The van der Waals surface area contributed by atoms with Gasteiger partial charge in [0.2, 0.25) is 11.8 Å². The zero-order valence-corrected chi connectivity index (χ0v) is 15.1. The minimum atomic E-state index is -0.792. The van der Waals surface area contributed by atoms with E-state index in [2.05, 4.69) is 15.5 Å². The highest BCUT2D eigenvalue weighted by atomic mass is 16.5. The molecule has 1 aromatic heterocycles. The minimum Gasteiger partial charge on any atom is -0.356 e. The van der Waals surface area contributed by atoms with Gasteiger partial charge in [-0.3, -0.25) is 9.59 Å². The lowest BCUT2D eigenvalue weighted by Crippen LogP contribution is -2.53. The summed E-state index contributed by atoms with van der Waals surface area (Å²) in [6.07, 6.45) is 1.36. The van der Waals surface area contributed by atoms with Gasteiger partial charge in [-0.15, -0.1) is 0 Å². The lowest BCUT2D eigenvalue weighted by molar-refractivity contribution is -0.155. The second-order valence-electron chi connectivity index (χ2n) is 6.86. The maximum Gasteiger partial charge on any atom is 0.254 e. The summed E-state index contributed by atoms with van der Waals surface area (Å²) in [5.41, 5.74) is 0.829. The van der Waals surface area contributed by atoms with E-state index in [1.807, 2.05) is 37.3 Å². The fourth-order valence-electron chi connectivity index (χ4n) is 3.21. The van der Waals surface area contributed by atoms with Gasteiger partial charge in [0.05, 0.1) is 12.6 Å². The van der Waals surface area contributed by atoms with Crippen LogP contribution in [0.15, 0.2) is 34.9 Å². The predicted molar refractivity (Wildman–Crippen MR) is 94.4 cm³/mol. The molecule has 1 saturated carbocycles. The number of morpholine rings is 1. The van der Waals surface area contributed by atoms with Crippen molar-refractivity contribution in [2.75, 3.05) is 13.2 Å². The summed E-state index contributed by atoms with van der Waals surface area (Å²) in [7, 11) is 0. The zero-order valence-electron chi connectivity index (χ0n) is 15.1. The maximum absolute atomic E-state index is 13.1. The van der Waals surface area contributed by atoms with E-state index in [4.69, 9.17) is 9.26 Å². The summed E-state index contributed by atoms with van der Waals surface area (Å²) < 4.78 is 10.9. The number of carbonyl (C=O) groups excluding carboxylic acids is 2. The van der Waals surface area contributed by atoms with Crippen LogP contribution in [0, 0.1) is 0 Å². The van der Waals surface area contributed by atoms with Crippen molar-refractivity contribution >= 4 is 11.8 Å². The number of rotatable bonds is 6. The van der Waals surface area contributed by atoms with Gasteiger partial charge in [0.15, 0.2) is 11.9 Å².